The highest BCUT2D eigenvalue weighted by Gasteiger charge is 1.91. The lowest BCUT2D eigenvalue weighted by molar-refractivity contribution is 0.966. The highest BCUT2D eigenvalue weighted by molar-refractivity contribution is 5.14. The van der Waals surface area contributed by atoms with E-state index < -0.39 is 0 Å². The predicted octanol–water partition coefficient (Wildman–Crippen LogP) is 0.142. The molecule has 0 aliphatic heterocycles. The summed E-state index contributed by atoms with van der Waals surface area (Å²) in [5, 5.41) is 0. The van der Waals surface area contributed by atoms with Crippen molar-refractivity contribution in [2.24, 2.45) is 5.73 Å². The molecule has 0 spiro atoms. The molecule has 0 amide bonds. The Hall–Kier alpha value is -1.09. The largest absolute Gasteiger partial charge is 0.325 e. The average Bonchev–Trinajstić information content (AvgIpc) is 1.85. The van der Waals surface area contributed by atoms with E-state index in [-0.39, 0.29) is 5.56 Å². The van der Waals surface area contributed by atoms with E-state index in [1.54, 1.807) is 6.07 Å². The van der Waals surface area contributed by atoms with Gasteiger partial charge >= 0.3 is 0 Å². The summed E-state index contributed by atoms with van der Waals surface area (Å²) in [6.45, 7) is 2.26. The van der Waals surface area contributed by atoms with E-state index in [1.807, 2.05) is 13.0 Å². The van der Waals surface area contributed by atoms with Gasteiger partial charge in [0.2, 0.25) is 5.56 Å². The van der Waals surface area contributed by atoms with Crippen LogP contribution < -0.4 is 11.3 Å². The van der Waals surface area contributed by atoms with E-state index in [9.17, 15) is 4.79 Å². The number of aryl methyl sites for hydroxylation is 1. The number of H-pyrrole nitrogens is 1. The Morgan fingerprint density at radius 3 is 2.80 bits per heavy atom. The lowest BCUT2D eigenvalue weighted by atomic mass is 10.2. The van der Waals surface area contributed by atoms with Crippen molar-refractivity contribution >= 4 is 0 Å². The van der Waals surface area contributed by atoms with Gasteiger partial charge in [-0.3, -0.25) is 4.79 Å². The molecule has 3 nitrogen and oxygen atoms in total. The number of nitrogens with one attached hydrogen (secondary N) is 1. The molecule has 3 heteroatoms. The summed E-state index contributed by atoms with van der Waals surface area (Å²) in [4.78, 5) is 13.4. The number of hydrogen-bond acceptors (Lipinski definition) is 2. The summed E-state index contributed by atoms with van der Waals surface area (Å²) in [6.07, 6.45) is 0. The molecule has 54 valence electrons. The van der Waals surface area contributed by atoms with Crippen LogP contribution in [0.15, 0.2) is 16.9 Å². The maximum atomic E-state index is 10.8. The Morgan fingerprint density at radius 2 is 2.30 bits per heavy atom. The third-order valence-corrected chi connectivity index (χ3v) is 1.26. The van der Waals surface area contributed by atoms with Crippen molar-refractivity contribution in [2.75, 3.05) is 0 Å². The van der Waals surface area contributed by atoms with Gasteiger partial charge in [-0.25, -0.2) is 0 Å². The molecule has 1 heterocycles. The van der Waals surface area contributed by atoms with Crippen LogP contribution in [0, 0.1) is 6.92 Å². The van der Waals surface area contributed by atoms with Gasteiger partial charge in [0.05, 0.1) is 0 Å². The maximum Gasteiger partial charge on any atom is 0.248 e. The van der Waals surface area contributed by atoms with E-state index in [0.717, 1.165) is 11.3 Å². The van der Waals surface area contributed by atoms with E-state index in [4.69, 9.17) is 5.73 Å². The normalized spacial score (nSPS) is 9.80. The molecular formula is C7H10N2O. The lowest BCUT2D eigenvalue weighted by Crippen LogP contribution is -2.10. The second kappa shape index (κ2) is 2.66. The van der Waals surface area contributed by atoms with Crippen LogP contribution in [0.5, 0.6) is 0 Å². The van der Waals surface area contributed by atoms with E-state index in [0.29, 0.717) is 6.54 Å². The Morgan fingerprint density at radius 1 is 1.60 bits per heavy atom. The Labute approximate surface area is 58.9 Å². The van der Waals surface area contributed by atoms with E-state index >= 15 is 0 Å². The van der Waals surface area contributed by atoms with Crippen LogP contribution >= 0.6 is 0 Å². The van der Waals surface area contributed by atoms with Crippen molar-refractivity contribution in [1.29, 1.82) is 0 Å². The zero-order valence-electron chi connectivity index (χ0n) is 5.85. The van der Waals surface area contributed by atoms with Crippen LogP contribution in [0.25, 0.3) is 0 Å². The number of pyridine rings is 1. The second-order valence-electron chi connectivity index (χ2n) is 2.25. The van der Waals surface area contributed by atoms with E-state index in [2.05, 4.69) is 4.98 Å². The molecule has 10 heavy (non-hydrogen) atoms. The molecule has 1 rings (SSSR count). The number of nitrogens with two attached hydrogens (primary N) is 1. The SMILES string of the molecule is Cc1cc(CN)[nH]c(=O)c1. The summed E-state index contributed by atoms with van der Waals surface area (Å²) < 4.78 is 0. The molecule has 0 bridgehead atoms. The minimum absolute atomic E-state index is 0.0829. The van der Waals surface area contributed by atoms with Crippen LogP contribution in [0.1, 0.15) is 11.3 Å². The third kappa shape index (κ3) is 1.45. The minimum Gasteiger partial charge on any atom is -0.325 e. The van der Waals surface area contributed by atoms with Gasteiger partial charge in [0, 0.05) is 18.3 Å². The van der Waals surface area contributed by atoms with Gasteiger partial charge in [0.15, 0.2) is 0 Å². The quantitative estimate of drug-likeness (QED) is 0.580. The standard InChI is InChI=1S/C7H10N2O/c1-5-2-6(4-8)9-7(10)3-5/h2-3H,4,8H2,1H3,(H,9,10). The number of rotatable bonds is 1. The first-order valence-electron chi connectivity index (χ1n) is 3.12. The summed E-state index contributed by atoms with van der Waals surface area (Å²) in [5.74, 6) is 0. The van der Waals surface area contributed by atoms with Crippen LogP contribution in [0.4, 0.5) is 0 Å². The minimum atomic E-state index is -0.0829. The second-order valence-corrected chi connectivity index (χ2v) is 2.25. The van der Waals surface area contributed by atoms with Crippen molar-refractivity contribution in [3.8, 4) is 0 Å². The number of aromatic amines is 1. The maximum absolute atomic E-state index is 10.8. The molecule has 0 saturated heterocycles. The summed E-state index contributed by atoms with van der Waals surface area (Å²) in [7, 11) is 0. The number of hydrogen-bond donors (Lipinski definition) is 2. The predicted molar refractivity (Wildman–Crippen MR) is 39.7 cm³/mol. The molecule has 0 aromatic carbocycles. The molecule has 3 N–H and O–H groups in total. The molecule has 0 atom stereocenters. The van der Waals surface area contributed by atoms with Crippen LogP contribution in [-0.2, 0) is 6.54 Å². The average molecular weight is 138 g/mol. The van der Waals surface area contributed by atoms with Gasteiger partial charge in [0.25, 0.3) is 0 Å². The fraction of sp³-hybridized carbons (Fsp3) is 0.286. The van der Waals surface area contributed by atoms with Gasteiger partial charge in [0.1, 0.15) is 0 Å². The van der Waals surface area contributed by atoms with Crippen molar-refractivity contribution in [2.45, 2.75) is 13.5 Å². The Bertz CT molecular complexity index is 277. The summed E-state index contributed by atoms with van der Waals surface area (Å²) in [5.41, 5.74) is 6.97. The Balaban J connectivity index is 3.19. The zero-order chi connectivity index (χ0) is 7.56. The fourth-order valence-electron chi connectivity index (χ4n) is 0.864. The first-order chi connectivity index (χ1) is 4.72. The summed E-state index contributed by atoms with van der Waals surface area (Å²) >= 11 is 0. The van der Waals surface area contributed by atoms with Crippen LogP contribution in [0.2, 0.25) is 0 Å². The molecular weight excluding hydrogens is 128 g/mol. The van der Waals surface area contributed by atoms with E-state index in [1.165, 1.54) is 0 Å². The van der Waals surface area contributed by atoms with Crippen molar-refractivity contribution in [1.82, 2.24) is 4.98 Å². The van der Waals surface area contributed by atoms with Crippen LogP contribution in [0.3, 0.4) is 0 Å². The van der Waals surface area contributed by atoms with Crippen LogP contribution in [-0.4, -0.2) is 4.98 Å². The van der Waals surface area contributed by atoms with Gasteiger partial charge in [-0.15, -0.1) is 0 Å². The van der Waals surface area contributed by atoms with Crippen molar-refractivity contribution in [3.63, 3.8) is 0 Å². The van der Waals surface area contributed by atoms with Crippen molar-refractivity contribution < 1.29 is 0 Å². The molecule has 0 radical (unpaired) electrons. The summed E-state index contributed by atoms with van der Waals surface area (Å²) in [6, 6.07) is 3.40. The lowest BCUT2D eigenvalue weighted by Gasteiger charge is -1.96. The van der Waals surface area contributed by atoms with Gasteiger partial charge < -0.3 is 10.7 Å². The van der Waals surface area contributed by atoms with Gasteiger partial charge in [-0.2, -0.15) is 0 Å². The first-order valence-corrected chi connectivity index (χ1v) is 3.12. The molecule has 0 aliphatic rings. The highest BCUT2D eigenvalue weighted by Crippen LogP contribution is 1.93. The molecule has 0 unspecified atom stereocenters. The van der Waals surface area contributed by atoms with Gasteiger partial charge in [-0.1, -0.05) is 0 Å². The molecule has 1 aromatic rings. The Kier molecular flexibility index (Phi) is 1.87. The molecule has 0 fully saturated rings. The molecule has 0 aliphatic carbocycles. The monoisotopic (exact) mass is 138 g/mol. The fourth-order valence-corrected chi connectivity index (χ4v) is 0.864. The zero-order valence-corrected chi connectivity index (χ0v) is 5.85. The molecule has 0 saturated carbocycles. The molecule has 1 aromatic heterocycles. The number of aromatic nitrogens is 1. The third-order valence-electron chi connectivity index (χ3n) is 1.26. The smallest absolute Gasteiger partial charge is 0.248 e. The van der Waals surface area contributed by atoms with Gasteiger partial charge in [-0.05, 0) is 18.6 Å². The first kappa shape index (κ1) is 7.02. The highest BCUT2D eigenvalue weighted by atomic mass is 16.1. The topological polar surface area (TPSA) is 58.9 Å². The van der Waals surface area contributed by atoms with Crippen molar-refractivity contribution in [3.05, 3.63) is 33.7 Å².